The molecular weight excluding hydrogens is 436 g/mol. The Morgan fingerprint density at radius 1 is 1.33 bits per heavy atom. The fraction of sp³-hybridized carbons (Fsp3) is 0.105. The van der Waals surface area contributed by atoms with E-state index in [0.29, 0.717) is 26.5 Å². The van der Waals surface area contributed by atoms with Crippen LogP contribution in [0.3, 0.4) is 0 Å². The van der Waals surface area contributed by atoms with E-state index in [1.54, 1.807) is 43.3 Å². The third-order valence-electron chi connectivity index (χ3n) is 3.42. The molecule has 0 fully saturated rings. The number of carbonyl (C=O) groups excluding carboxylic acids is 1. The van der Waals surface area contributed by atoms with Crippen molar-refractivity contribution in [2.24, 2.45) is 0 Å². The maximum Gasteiger partial charge on any atom is 0.341 e. The van der Waals surface area contributed by atoms with E-state index in [4.69, 9.17) is 21.4 Å². The third kappa shape index (κ3) is 5.84. The van der Waals surface area contributed by atoms with Crippen molar-refractivity contribution >= 4 is 51.2 Å². The first-order valence-corrected chi connectivity index (χ1v) is 8.80. The summed E-state index contributed by atoms with van der Waals surface area (Å²) in [7, 11) is 0. The minimum absolute atomic E-state index is 0.0875. The van der Waals surface area contributed by atoms with Crippen molar-refractivity contribution in [1.82, 2.24) is 0 Å². The molecule has 0 saturated heterocycles. The Kier molecular flexibility index (Phi) is 6.99. The van der Waals surface area contributed by atoms with Crippen LogP contribution in [0.5, 0.6) is 5.75 Å². The number of aliphatic carboxylic acids is 1. The largest absolute Gasteiger partial charge is 0.481 e. The van der Waals surface area contributed by atoms with Gasteiger partial charge in [0.25, 0.3) is 5.91 Å². The molecule has 0 spiro atoms. The number of hydrogen-bond donors (Lipinski definition) is 2. The molecule has 1 amide bonds. The molecule has 138 valence electrons. The van der Waals surface area contributed by atoms with Crippen LogP contribution >= 0.6 is 27.5 Å². The highest BCUT2D eigenvalue weighted by atomic mass is 79.9. The van der Waals surface area contributed by atoms with E-state index < -0.39 is 18.5 Å². The molecule has 0 aliphatic rings. The Labute approximate surface area is 169 Å². The molecule has 0 atom stereocenters. The minimum Gasteiger partial charge on any atom is -0.481 e. The number of anilines is 1. The summed E-state index contributed by atoms with van der Waals surface area (Å²) in [5.41, 5.74) is 1.82. The Hall–Kier alpha value is -2.82. The molecule has 0 aliphatic heterocycles. The predicted octanol–water partition coefficient (Wildman–Crippen LogP) is 4.42. The molecule has 2 rings (SSSR count). The number of nitriles is 1. The van der Waals surface area contributed by atoms with Gasteiger partial charge in [-0.25, -0.2) is 4.79 Å². The van der Waals surface area contributed by atoms with Crippen molar-refractivity contribution in [1.29, 1.82) is 5.26 Å². The third-order valence-corrected chi connectivity index (χ3v) is 4.27. The second kappa shape index (κ2) is 9.21. The van der Waals surface area contributed by atoms with Crippen LogP contribution in [0.2, 0.25) is 5.02 Å². The second-order valence-corrected chi connectivity index (χ2v) is 6.75. The Morgan fingerprint density at radius 3 is 2.67 bits per heavy atom. The molecule has 0 aromatic heterocycles. The summed E-state index contributed by atoms with van der Waals surface area (Å²) < 4.78 is 5.62. The van der Waals surface area contributed by atoms with Crippen LogP contribution in [0.4, 0.5) is 5.69 Å². The Morgan fingerprint density at radius 2 is 2.07 bits per heavy atom. The van der Waals surface area contributed by atoms with E-state index in [9.17, 15) is 14.9 Å². The van der Waals surface area contributed by atoms with Gasteiger partial charge >= 0.3 is 5.97 Å². The summed E-state index contributed by atoms with van der Waals surface area (Å²) in [4.78, 5) is 22.9. The number of carboxylic acids is 1. The lowest BCUT2D eigenvalue weighted by molar-refractivity contribution is -0.139. The van der Waals surface area contributed by atoms with Crippen molar-refractivity contribution in [3.63, 3.8) is 0 Å². The molecule has 0 saturated carbocycles. The number of nitrogens with one attached hydrogen (secondary N) is 1. The summed E-state index contributed by atoms with van der Waals surface area (Å²) in [6.07, 6.45) is 1.42. The molecule has 27 heavy (non-hydrogen) atoms. The van der Waals surface area contributed by atoms with Crippen LogP contribution in [0.25, 0.3) is 6.08 Å². The zero-order chi connectivity index (χ0) is 20.0. The average molecular weight is 450 g/mol. The smallest absolute Gasteiger partial charge is 0.341 e. The number of hydrogen-bond acceptors (Lipinski definition) is 4. The van der Waals surface area contributed by atoms with E-state index in [1.165, 1.54) is 6.08 Å². The number of benzene rings is 2. The SMILES string of the molecule is Cc1cc(Cl)ccc1NC(=O)/C(C#N)=C/c1ccc(OCC(=O)O)c(Br)c1. The molecule has 0 unspecified atom stereocenters. The fourth-order valence-corrected chi connectivity index (χ4v) is 2.87. The molecule has 2 N–H and O–H groups in total. The highest BCUT2D eigenvalue weighted by molar-refractivity contribution is 9.10. The molecule has 8 heteroatoms. The minimum atomic E-state index is -1.09. The maximum atomic E-state index is 12.4. The number of aryl methyl sites for hydroxylation is 1. The highest BCUT2D eigenvalue weighted by Gasteiger charge is 2.12. The topological polar surface area (TPSA) is 99.4 Å². The zero-order valence-electron chi connectivity index (χ0n) is 14.1. The van der Waals surface area contributed by atoms with Crippen LogP contribution in [0.1, 0.15) is 11.1 Å². The van der Waals surface area contributed by atoms with E-state index in [-0.39, 0.29) is 5.57 Å². The second-order valence-electron chi connectivity index (χ2n) is 5.46. The standard InChI is InChI=1S/C19H14BrClN2O4/c1-11-6-14(21)3-4-16(11)23-19(26)13(9-22)7-12-2-5-17(15(20)8-12)27-10-18(24)25/h2-8H,10H2,1H3,(H,23,26)(H,24,25)/b13-7+. The molecule has 0 aliphatic carbocycles. The van der Waals surface area contributed by atoms with Crippen LogP contribution in [0.15, 0.2) is 46.4 Å². The number of carbonyl (C=O) groups is 2. The fourth-order valence-electron chi connectivity index (χ4n) is 2.14. The lowest BCUT2D eigenvalue weighted by Crippen LogP contribution is -2.14. The first-order valence-electron chi connectivity index (χ1n) is 7.63. The Balaban J connectivity index is 2.19. The van der Waals surface area contributed by atoms with Crippen LogP contribution < -0.4 is 10.1 Å². The van der Waals surface area contributed by atoms with Gasteiger partial charge in [0.05, 0.1) is 4.47 Å². The van der Waals surface area contributed by atoms with Gasteiger partial charge in [0.15, 0.2) is 6.61 Å². The summed E-state index contributed by atoms with van der Waals surface area (Å²) in [5.74, 6) is -1.30. The summed E-state index contributed by atoms with van der Waals surface area (Å²) in [6.45, 7) is 1.32. The molecule has 6 nitrogen and oxygen atoms in total. The quantitative estimate of drug-likeness (QED) is 0.502. The van der Waals surface area contributed by atoms with Crippen LogP contribution in [-0.4, -0.2) is 23.6 Å². The molecule has 0 bridgehead atoms. The van der Waals surface area contributed by atoms with Gasteiger partial charge in [0.2, 0.25) is 0 Å². The van der Waals surface area contributed by atoms with Gasteiger partial charge in [0.1, 0.15) is 17.4 Å². The predicted molar refractivity (Wildman–Crippen MR) is 106 cm³/mol. The molecule has 0 radical (unpaired) electrons. The lowest BCUT2D eigenvalue weighted by Gasteiger charge is -2.09. The monoisotopic (exact) mass is 448 g/mol. The first kappa shape index (κ1) is 20.5. The number of ether oxygens (including phenoxy) is 1. The van der Waals surface area contributed by atoms with Crippen molar-refractivity contribution in [3.8, 4) is 11.8 Å². The zero-order valence-corrected chi connectivity index (χ0v) is 16.5. The van der Waals surface area contributed by atoms with Crippen molar-refractivity contribution in [3.05, 3.63) is 62.6 Å². The van der Waals surface area contributed by atoms with Crippen LogP contribution in [-0.2, 0) is 9.59 Å². The number of rotatable bonds is 6. The Bertz CT molecular complexity index is 967. The van der Waals surface area contributed by atoms with E-state index in [2.05, 4.69) is 21.2 Å². The van der Waals surface area contributed by atoms with Crippen LogP contribution in [0, 0.1) is 18.3 Å². The summed E-state index contributed by atoms with van der Waals surface area (Å²) >= 11 is 9.17. The molecule has 0 heterocycles. The number of carboxylic acid groups (broad SMARTS) is 1. The van der Waals surface area contributed by atoms with Gasteiger partial charge in [-0.05, 0) is 70.4 Å². The van der Waals surface area contributed by atoms with Gasteiger partial charge < -0.3 is 15.2 Å². The van der Waals surface area contributed by atoms with Crippen molar-refractivity contribution in [2.45, 2.75) is 6.92 Å². The van der Waals surface area contributed by atoms with Gasteiger partial charge in [0, 0.05) is 10.7 Å². The van der Waals surface area contributed by atoms with E-state index in [0.717, 1.165) is 5.56 Å². The number of halogens is 2. The average Bonchev–Trinajstić information content (AvgIpc) is 2.61. The molecule has 2 aromatic carbocycles. The van der Waals surface area contributed by atoms with E-state index >= 15 is 0 Å². The van der Waals surface area contributed by atoms with Crippen molar-refractivity contribution < 1.29 is 19.4 Å². The van der Waals surface area contributed by atoms with Gasteiger partial charge in [-0.3, -0.25) is 4.79 Å². The summed E-state index contributed by atoms with van der Waals surface area (Å²) in [6, 6.07) is 11.7. The molecular formula is C19H14BrClN2O4. The number of amides is 1. The van der Waals surface area contributed by atoms with E-state index in [1.807, 2.05) is 6.07 Å². The maximum absolute atomic E-state index is 12.4. The lowest BCUT2D eigenvalue weighted by atomic mass is 10.1. The van der Waals surface area contributed by atoms with Gasteiger partial charge in [-0.1, -0.05) is 17.7 Å². The van der Waals surface area contributed by atoms with Gasteiger partial charge in [-0.2, -0.15) is 5.26 Å². The van der Waals surface area contributed by atoms with Gasteiger partial charge in [-0.15, -0.1) is 0 Å². The molecule has 2 aromatic rings. The number of nitrogens with zero attached hydrogens (tertiary/aromatic N) is 1. The summed E-state index contributed by atoms with van der Waals surface area (Å²) in [5, 5.41) is 21.2. The first-order chi connectivity index (χ1) is 12.8. The highest BCUT2D eigenvalue weighted by Crippen LogP contribution is 2.27. The normalized spacial score (nSPS) is 10.8. The van der Waals surface area contributed by atoms with Crippen molar-refractivity contribution in [2.75, 3.05) is 11.9 Å².